The second-order valence-corrected chi connectivity index (χ2v) is 7.11. The number of nitrogens with zero attached hydrogens (tertiary/aromatic N) is 1. The van der Waals surface area contributed by atoms with Gasteiger partial charge < -0.3 is 15.0 Å². The van der Waals surface area contributed by atoms with Crippen molar-refractivity contribution in [1.29, 1.82) is 0 Å². The number of carbonyl (C=O) groups is 1. The van der Waals surface area contributed by atoms with Gasteiger partial charge in [0.05, 0.1) is 10.6 Å². The third kappa shape index (κ3) is 5.58. The molecule has 4 nitrogen and oxygen atoms in total. The number of ether oxygens (including phenoxy) is 1. The molecule has 2 atom stereocenters. The fourth-order valence-corrected chi connectivity index (χ4v) is 3.32. The minimum atomic E-state index is -0.477. The van der Waals surface area contributed by atoms with E-state index in [0.29, 0.717) is 11.7 Å². The maximum absolute atomic E-state index is 13.1. The lowest BCUT2D eigenvalue weighted by Gasteiger charge is -2.35. The molecule has 2 aromatic rings. The molecule has 1 aliphatic rings. The number of halogens is 3. The van der Waals surface area contributed by atoms with E-state index < -0.39 is 5.82 Å². The molecule has 0 aromatic heterocycles. The van der Waals surface area contributed by atoms with Gasteiger partial charge in [0.2, 0.25) is 0 Å². The molecule has 1 saturated heterocycles. The van der Waals surface area contributed by atoms with Crippen molar-refractivity contribution < 1.29 is 13.9 Å². The lowest BCUT2D eigenvalue weighted by atomic mass is 10.0. The van der Waals surface area contributed by atoms with Crippen LogP contribution in [0, 0.1) is 5.82 Å². The van der Waals surface area contributed by atoms with E-state index in [9.17, 15) is 9.18 Å². The summed E-state index contributed by atoms with van der Waals surface area (Å²) in [7, 11) is 2.12. The Hall–Kier alpha value is -1.82. The lowest BCUT2D eigenvalue weighted by molar-refractivity contribution is 0.0791. The van der Waals surface area contributed by atoms with Crippen LogP contribution >= 0.6 is 24.0 Å². The highest BCUT2D eigenvalue weighted by Gasteiger charge is 2.24. The maximum atomic E-state index is 13.1. The molecule has 7 heteroatoms. The van der Waals surface area contributed by atoms with E-state index in [0.717, 1.165) is 31.2 Å². The summed E-state index contributed by atoms with van der Waals surface area (Å²) in [5.41, 5.74) is 0.831. The average Bonchev–Trinajstić information content (AvgIpc) is 2.58. The minimum absolute atomic E-state index is 0. The summed E-state index contributed by atoms with van der Waals surface area (Å²) in [6.07, 6.45) is 2.11. The molecule has 1 aliphatic heterocycles. The van der Waals surface area contributed by atoms with Gasteiger partial charge in [0.15, 0.2) is 0 Å². The predicted octanol–water partition coefficient (Wildman–Crippen LogP) is 5.01. The number of rotatable bonds is 4. The van der Waals surface area contributed by atoms with E-state index in [2.05, 4.69) is 24.2 Å². The summed E-state index contributed by atoms with van der Waals surface area (Å²) in [6.45, 7) is 3.20. The fourth-order valence-electron chi connectivity index (χ4n) is 3.06. The van der Waals surface area contributed by atoms with Gasteiger partial charge in [-0.15, -0.1) is 12.4 Å². The van der Waals surface area contributed by atoms with E-state index >= 15 is 0 Å². The van der Waals surface area contributed by atoms with Crippen LogP contribution in [0.3, 0.4) is 0 Å². The molecule has 2 aromatic carbocycles. The number of hydrogen-bond donors (Lipinski definition) is 1. The highest BCUT2D eigenvalue weighted by molar-refractivity contribution is 6.34. The summed E-state index contributed by atoms with van der Waals surface area (Å²) < 4.78 is 19.2. The molecule has 1 heterocycles. The fraction of sp³-hybridized carbons (Fsp3) is 0.350. The van der Waals surface area contributed by atoms with E-state index in [1.165, 1.54) is 12.1 Å². The number of likely N-dealkylation sites (tertiary alicyclic amines) is 1. The van der Waals surface area contributed by atoms with E-state index in [1.54, 1.807) is 12.1 Å². The smallest absolute Gasteiger partial charge is 0.257 e. The zero-order valence-corrected chi connectivity index (χ0v) is 16.8. The monoisotopic (exact) mass is 412 g/mol. The Morgan fingerprint density at radius 3 is 2.78 bits per heavy atom. The Kier molecular flexibility index (Phi) is 7.48. The van der Waals surface area contributed by atoms with Gasteiger partial charge >= 0.3 is 0 Å². The topological polar surface area (TPSA) is 41.6 Å². The average molecular weight is 413 g/mol. The second kappa shape index (κ2) is 9.40. The van der Waals surface area contributed by atoms with Crippen LogP contribution in [0.25, 0.3) is 0 Å². The highest BCUT2D eigenvalue weighted by atomic mass is 35.5. The van der Waals surface area contributed by atoms with Gasteiger partial charge in [0.25, 0.3) is 5.91 Å². The van der Waals surface area contributed by atoms with Crippen molar-refractivity contribution in [1.82, 2.24) is 4.90 Å². The van der Waals surface area contributed by atoms with Crippen LogP contribution < -0.4 is 10.1 Å². The number of carbonyl (C=O) groups excluding carboxylic acids is 1. The number of hydrogen-bond acceptors (Lipinski definition) is 3. The lowest BCUT2D eigenvalue weighted by Crippen LogP contribution is -2.41. The van der Waals surface area contributed by atoms with Crippen molar-refractivity contribution in [3.05, 3.63) is 58.9 Å². The largest absolute Gasteiger partial charge is 0.490 e. The van der Waals surface area contributed by atoms with Crippen LogP contribution in [0.15, 0.2) is 42.5 Å². The summed E-state index contributed by atoms with van der Waals surface area (Å²) in [6, 6.07) is 11.5. The van der Waals surface area contributed by atoms with Gasteiger partial charge in [-0.2, -0.15) is 0 Å². The number of amides is 1. The van der Waals surface area contributed by atoms with Crippen LogP contribution in [0.4, 0.5) is 10.1 Å². The Balaban J connectivity index is 0.00000261. The SMILES string of the molecule is C[C@H]1C[C@H](Oc2cccc(NC(=O)c3ccc(F)cc3Cl)c2)CCN1C.Cl. The van der Waals surface area contributed by atoms with Gasteiger partial charge in [-0.25, -0.2) is 4.39 Å². The van der Waals surface area contributed by atoms with Crippen molar-refractivity contribution in [2.45, 2.75) is 31.9 Å². The van der Waals surface area contributed by atoms with Crippen LogP contribution in [-0.2, 0) is 0 Å². The normalized spacial score (nSPS) is 19.9. The molecule has 1 fully saturated rings. The van der Waals surface area contributed by atoms with Gasteiger partial charge in [0.1, 0.15) is 17.7 Å². The number of piperidine rings is 1. The van der Waals surface area contributed by atoms with E-state index in [-0.39, 0.29) is 35.0 Å². The number of benzene rings is 2. The van der Waals surface area contributed by atoms with Crippen LogP contribution in [0.2, 0.25) is 5.02 Å². The van der Waals surface area contributed by atoms with Crippen molar-refractivity contribution in [2.75, 3.05) is 18.9 Å². The number of nitrogens with one attached hydrogen (secondary N) is 1. The molecule has 1 amide bonds. The standard InChI is InChI=1S/C20H22ClFN2O2.ClH/c1-13-10-17(8-9-24(13)2)26-16-5-3-4-15(12-16)23-20(25)18-7-6-14(22)11-19(18)21;/h3-7,11-13,17H,8-10H2,1-2H3,(H,23,25);1H/t13-,17+;/m0./s1. The molecule has 0 aliphatic carbocycles. The molecule has 146 valence electrons. The molecular formula is C20H23Cl2FN2O2. The Morgan fingerprint density at radius 1 is 1.30 bits per heavy atom. The van der Waals surface area contributed by atoms with Gasteiger partial charge in [-0.1, -0.05) is 17.7 Å². The summed E-state index contributed by atoms with van der Waals surface area (Å²) in [5, 5.41) is 2.86. The Bertz CT molecular complexity index is 803. The number of anilines is 1. The van der Waals surface area contributed by atoms with E-state index in [4.69, 9.17) is 16.3 Å². The molecule has 0 unspecified atom stereocenters. The molecular weight excluding hydrogens is 390 g/mol. The molecule has 0 saturated carbocycles. The first-order valence-electron chi connectivity index (χ1n) is 8.66. The van der Waals surface area contributed by atoms with Crippen LogP contribution in [0.1, 0.15) is 30.1 Å². The zero-order valence-electron chi connectivity index (χ0n) is 15.2. The first-order chi connectivity index (χ1) is 12.4. The minimum Gasteiger partial charge on any atom is -0.490 e. The molecule has 0 bridgehead atoms. The van der Waals surface area contributed by atoms with Crippen molar-refractivity contribution in [3.63, 3.8) is 0 Å². The Morgan fingerprint density at radius 2 is 2.07 bits per heavy atom. The van der Waals surface area contributed by atoms with Crippen LogP contribution in [-0.4, -0.2) is 36.5 Å². The first kappa shape index (κ1) is 21.5. The first-order valence-corrected chi connectivity index (χ1v) is 9.03. The quantitative estimate of drug-likeness (QED) is 0.766. The zero-order chi connectivity index (χ0) is 18.7. The summed E-state index contributed by atoms with van der Waals surface area (Å²) in [4.78, 5) is 14.7. The van der Waals surface area contributed by atoms with Gasteiger partial charge in [-0.05, 0) is 57.1 Å². The van der Waals surface area contributed by atoms with Crippen molar-refractivity contribution in [3.8, 4) is 5.75 Å². The van der Waals surface area contributed by atoms with E-state index in [1.807, 2.05) is 12.1 Å². The summed E-state index contributed by atoms with van der Waals surface area (Å²) >= 11 is 5.95. The highest BCUT2D eigenvalue weighted by Crippen LogP contribution is 2.25. The van der Waals surface area contributed by atoms with Crippen molar-refractivity contribution in [2.24, 2.45) is 0 Å². The molecule has 27 heavy (non-hydrogen) atoms. The Labute approximate surface area is 170 Å². The second-order valence-electron chi connectivity index (χ2n) is 6.70. The molecule has 0 radical (unpaired) electrons. The van der Waals surface area contributed by atoms with Crippen molar-refractivity contribution >= 4 is 35.6 Å². The molecule has 0 spiro atoms. The summed E-state index contributed by atoms with van der Waals surface area (Å²) in [5.74, 6) is -0.149. The molecule has 1 N–H and O–H groups in total. The third-order valence-corrected chi connectivity index (χ3v) is 5.04. The maximum Gasteiger partial charge on any atom is 0.257 e. The molecule has 3 rings (SSSR count). The predicted molar refractivity (Wildman–Crippen MR) is 109 cm³/mol. The third-order valence-electron chi connectivity index (χ3n) is 4.73. The van der Waals surface area contributed by atoms with Gasteiger partial charge in [-0.3, -0.25) is 4.79 Å². The van der Waals surface area contributed by atoms with Gasteiger partial charge in [0, 0.05) is 24.3 Å². The van der Waals surface area contributed by atoms with Crippen LogP contribution in [0.5, 0.6) is 5.75 Å².